The summed E-state index contributed by atoms with van der Waals surface area (Å²) in [5.74, 6) is -0.316. The molecule has 0 saturated heterocycles. The number of phenols is 1. The monoisotopic (exact) mass is 384 g/mol. The number of ketones is 1. The summed E-state index contributed by atoms with van der Waals surface area (Å²) < 4.78 is 11.1. The quantitative estimate of drug-likeness (QED) is 0.736. The molecule has 148 valence electrons. The molecular formula is C22H24O6. The number of carbonyl (C=O) groups is 1. The second kappa shape index (κ2) is 6.22. The first kappa shape index (κ1) is 18.8. The second-order valence-corrected chi connectivity index (χ2v) is 7.95. The van der Waals surface area contributed by atoms with Gasteiger partial charge in [-0.2, -0.15) is 0 Å². The Balaban J connectivity index is 2.10. The van der Waals surface area contributed by atoms with Crippen molar-refractivity contribution in [3.05, 3.63) is 40.5 Å². The van der Waals surface area contributed by atoms with Gasteiger partial charge in [0.2, 0.25) is 0 Å². The van der Waals surface area contributed by atoms with Gasteiger partial charge < -0.3 is 24.8 Å². The molecule has 28 heavy (non-hydrogen) atoms. The Morgan fingerprint density at radius 3 is 2.50 bits per heavy atom. The van der Waals surface area contributed by atoms with Crippen LogP contribution in [0.15, 0.2) is 23.8 Å². The lowest BCUT2D eigenvalue weighted by Crippen LogP contribution is -2.39. The third-order valence-electron chi connectivity index (χ3n) is 5.98. The number of Topliss-reactive ketones (excluding diaryl/α,β-unsaturated/α-hetero) is 1. The Bertz CT molecular complexity index is 1030. The number of methoxy groups -OCH3 is 2. The highest BCUT2D eigenvalue weighted by atomic mass is 16.5. The van der Waals surface area contributed by atoms with Crippen LogP contribution < -0.4 is 9.47 Å². The molecule has 2 aromatic rings. The molecule has 0 spiro atoms. The van der Waals surface area contributed by atoms with E-state index in [-0.39, 0.29) is 29.1 Å². The molecule has 0 bridgehead atoms. The molecule has 0 amide bonds. The summed E-state index contributed by atoms with van der Waals surface area (Å²) in [7, 11) is 2.98. The van der Waals surface area contributed by atoms with Gasteiger partial charge in [0.05, 0.1) is 36.9 Å². The summed E-state index contributed by atoms with van der Waals surface area (Å²) in [6.07, 6.45) is 1.17. The molecule has 0 saturated carbocycles. The van der Waals surface area contributed by atoms with Crippen LogP contribution in [-0.4, -0.2) is 40.9 Å². The summed E-state index contributed by atoms with van der Waals surface area (Å²) in [5.41, 5.74) is 0.546. The summed E-state index contributed by atoms with van der Waals surface area (Å²) in [6, 6.07) is 3.62. The maximum absolute atomic E-state index is 13.3. The fourth-order valence-corrected chi connectivity index (χ4v) is 4.65. The van der Waals surface area contributed by atoms with E-state index in [0.29, 0.717) is 34.3 Å². The second-order valence-electron chi connectivity index (χ2n) is 7.95. The minimum absolute atomic E-state index is 0.0461. The Kier molecular flexibility index (Phi) is 4.17. The van der Waals surface area contributed by atoms with Crippen molar-refractivity contribution in [2.75, 3.05) is 14.2 Å². The van der Waals surface area contributed by atoms with Crippen molar-refractivity contribution in [2.24, 2.45) is 5.92 Å². The standard InChI is InChI=1S/C22H24O6/c1-10-5-6-12-14(20(10)27-3)19(25)15-16(21(12)28-4)18(24)13-9-22(2,26)8-7-11(13)17(15)23/h5-7,13,18,24-26H,8-9H2,1-4H3/t13-,18-,22-/m1/s1. The average molecular weight is 384 g/mol. The Morgan fingerprint density at radius 1 is 1.18 bits per heavy atom. The lowest BCUT2D eigenvalue weighted by Gasteiger charge is -2.40. The summed E-state index contributed by atoms with van der Waals surface area (Å²) in [4.78, 5) is 13.3. The van der Waals surface area contributed by atoms with Crippen molar-refractivity contribution in [3.63, 3.8) is 0 Å². The fourth-order valence-electron chi connectivity index (χ4n) is 4.65. The third kappa shape index (κ3) is 2.45. The number of aliphatic hydroxyl groups excluding tert-OH is 1. The number of ether oxygens (including phenoxy) is 2. The predicted octanol–water partition coefficient (Wildman–Crippen LogP) is 3.19. The van der Waals surface area contributed by atoms with E-state index in [1.54, 1.807) is 19.1 Å². The van der Waals surface area contributed by atoms with Crippen LogP contribution in [0.3, 0.4) is 0 Å². The van der Waals surface area contributed by atoms with E-state index in [0.717, 1.165) is 5.56 Å². The fraction of sp³-hybridized carbons (Fsp3) is 0.409. The molecule has 2 aliphatic rings. The lowest BCUT2D eigenvalue weighted by molar-refractivity contribution is 0.00117. The SMILES string of the molecule is COc1c2c(c(O)c3c(OC)c(C)ccc13)C(=O)C1=CC[C@@](C)(O)C[C@H]1[C@H]2O. The number of rotatable bonds is 2. The molecule has 6 nitrogen and oxygen atoms in total. The topological polar surface area (TPSA) is 96.2 Å². The van der Waals surface area contributed by atoms with Crippen molar-refractivity contribution >= 4 is 16.6 Å². The Morgan fingerprint density at radius 2 is 1.86 bits per heavy atom. The van der Waals surface area contributed by atoms with Gasteiger partial charge in [0.15, 0.2) is 5.78 Å². The van der Waals surface area contributed by atoms with Crippen LogP contribution >= 0.6 is 0 Å². The summed E-state index contributed by atoms with van der Waals surface area (Å²) in [5, 5.41) is 33.6. The maximum Gasteiger partial charge on any atom is 0.193 e. The smallest absolute Gasteiger partial charge is 0.193 e. The molecule has 3 N–H and O–H groups in total. The van der Waals surface area contributed by atoms with Gasteiger partial charge in [-0.1, -0.05) is 12.1 Å². The number of phenolic OH excluding ortho intramolecular Hbond substituents is 1. The zero-order valence-corrected chi connectivity index (χ0v) is 16.4. The van der Waals surface area contributed by atoms with Crippen molar-refractivity contribution < 1.29 is 29.6 Å². The van der Waals surface area contributed by atoms with Gasteiger partial charge >= 0.3 is 0 Å². The number of hydrogen-bond acceptors (Lipinski definition) is 6. The van der Waals surface area contributed by atoms with E-state index in [2.05, 4.69) is 0 Å². The first-order valence-electron chi connectivity index (χ1n) is 9.27. The van der Waals surface area contributed by atoms with Gasteiger partial charge in [0.25, 0.3) is 0 Å². The highest BCUT2D eigenvalue weighted by Gasteiger charge is 2.46. The summed E-state index contributed by atoms with van der Waals surface area (Å²) >= 11 is 0. The van der Waals surface area contributed by atoms with Gasteiger partial charge in [-0.3, -0.25) is 4.79 Å². The zero-order chi connectivity index (χ0) is 20.4. The van der Waals surface area contributed by atoms with Crippen molar-refractivity contribution in [2.45, 2.75) is 38.4 Å². The lowest BCUT2D eigenvalue weighted by atomic mass is 9.67. The van der Waals surface area contributed by atoms with Gasteiger partial charge in [0, 0.05) is 22.4 Å². The van der Waals surface area contributed by atoms with E-state index in [4.69, 9.17) is 9.47 Å². The highest BCUT2D eigenvalue weighted by molar-refractivity contribution is 6.18. The van der Waals surface area contributed by atoms with Gasteiger partial charge in [-0.05, 0) is 38.3 Å². The third-order valence-corrected chi connectivity index (χ3v) is 5.98. The van der Waals surface area contributed by atoms with Crippen LogP contribution in [-0.2, 0) is 0 Å². The predicted molar refractivity (Wildman–Crippen MR) is 104 cm³/mol. The minimum atomic E-state index is -1.08. The minimum Gasteiger partial charge on any atom is -0.506 e. The molecule has 2 aliphatic carbocycles. The molecule has 0 heterocycles. The van der Waals surface area contributed by atoms with Crippen LogP contribution in [0, 0.1) is 12.8 Å². The molecular weight excluding hydrogens is 360 g/mol. The number of carbonyl (C=O) groups excluding carboxylic acids is 1. The van der Waals surface area contributed by atoms with Gasteiger partial charge in [0.1, 0.15) is 17.2 Å². The molecule has 2 aromatic carbocycles. The molecule has 3 atom stereocenters. The number of aryl methyl sites for hydroxylation is 1. The van der Waals surface area contributed by atoms with E-state index in [1.807, 2.05) is 13.0 Å². The first-order chi connectivity index (χ1) is 13.2. The average Bonchev–Trinajstić information content (AvgIpc) is 2.65. The van der Waals surface area contributed by atoms with E-state index in [9.17, 15) is 20.1 Å². The van der Waals surface area contributed by atoms with E-state index in [1.165, 1.54) is 14.2 Å². The van der Waals surface area contributed by atoms with Crippen LogP contribution in [0.2, 0.25) is 0 Å². The number of fused-ring (bicyclic) bond motifs is 3. The van der Waals surface area contributed by atoms with E-state index < -0.39 is 17.6 Å². The van der Waals surface area contributed by atoms with Crippen LogP contribution in [0.1, 0.15) is 47.4 Å². The maximum atomic E-state index is 13.3. The van der Waals surface area contributed by atoms with E-state index >= 15 is 0 Å². The van der Waals surface area contributed by atoms with Crippen molar-refractivity contribution in [1.29, 1.82) is 0 Å². The van der Waals surface area contributed by atoms with Crippen LogP contribution in [0.4, 0.5) is 0 Å². The number of aliphatic hydroxyl groups is 2. The summed E-state index contributed by atoms with van der Waals surface area (Å²) in [6.45, 7) is 3.54. The first-order valence-corrected chi connectivity index (χ1v) is 9.27. The Hall–Kier alpha value is -2.57. The molecule has 0 aromatic heterocycles. The molecule has 4 rings (SSSR count). The van der Waals surface area contributed by atoms with Crippen molar-refractivity contribution in [1.82, 2.24) is 0 Å². The molecule has 0 aliphatic heterocycles. The van der Waals surface area contributed by atoms with Crippen LogP contribution in [0.5, 0.6) is 17.2 Å². The normalized spacial score (nSPS) is 26.5. The zero-order valence-electron chi connectivity index (χ0n) is 16.4. The number of benzene rings is 2. The largest absolute Gasteiger partial charge is 0.506 e. The molecule has 0 unspecified atom stereocenters. The van der Waals surface area contributed by atoms with Crippen LogP contribution in [0.25, 0.3) is 10.8 Å². The molecule has 6 heteroatoms. The molecule has 0 fully saturated rings. The highest BCUT2D eigenvalue weighted by Crippen LogP contribution is 2.54. The number of hydrogen-bond donors (Lipinski definition) is 3. The van der Waals surface area contributed by atoms with Gasteiger partial charge in [-0.25, -0.2) is 0 Å². The number of aromatic hydroxyl groups is 1. The Labute approximate surface area is 163 Å². The van der Waals surface area contributed by atoms with Gasteiger partial charge in [-0.15, -0.1) is 0 Å². The van der Waals surface area contributed by atoms with Crippen molar-refractivity contribution in [3.8, 4) is 17.2 Å². The molecule has 0 radical (unpaired) electrons.